The molecule has 1 aromatic heterocycles. The van der Waals surface area contributed by atoms with Crippen molar-refractivity contribution in [2.45, 2.75) is 17.1 Å². The lowest BCUT2D eigenvalue weighted by molar-refractivity contribution is 0.526. The van der Waals surface area contributed by atoms with Gasteiger partial charge in [0.2, 0.25) is 0 Å². The van der Waals surface area contributed by atoms with Crippen LogP contribution in [0, 0.1) is 6.92 Å². The minimum atomic E-state index is 0.254. The average Bonchev–Trinajstić information content (AvgIpc) is 2.71. The maximum atomic E-state index is 5.85. The number of benzene rings is 1. The molecule has 1 unspecified atom stereocenters. The summed E-state index contributed by atoms with van der Waals surface area (Å²) in [5, 5.41) is 0.254. The molecule has 0 aliphatic heterocycles. The van der Waals surface area contributed by atoms with Crippen molar-refractivity contribution in [3.05, 3.63) is 52.4 Å². The van der Waals surface area contributed by atoms with Crippen molar-refractivity contribution in [1.82, 2.24) is 0 Å². The second-order valence-electron chi connectivity index (χ2n) is 3.74. The van der Waals surface area contributed by atoms with Crippen LogP contribution in [0.2, 0.25) is 0 Å². The number of halogens is 1. The van der Waals surface area contributed by atoms with Crippen LogP contribution in [0.4, 0.5) is 0 Å². The molecule has 0 aliphatic carbocycles. The Bertz CT molecular complexity index is 498. The van der Waals surface area contributed by atoms with Gasteiger partial charge in [0.05, 0.1) is 6.26 Å². The summed E-state index contributed by atoms with van der Waals surface area (Å²) < 4.78 is 6.38. The Labute approximate surface area is 114 Å². The van der Waals surface area contributed by atoms with Crippen molar-refractivity contribution >= 4 is 27.7 Å². The van der Waals surface area contributed by atoms with Crippen LogP contribution < -0.4 is 5.73 Å². The number of rotatable bonds is 4. The van der Waals surface area contributed by atoms with Crippen LogP contribution in [0.5, 0.6) is 0 Å². The van der Waals surface area contributed by atoms with E-state index >= 15 is 0 Å². The van der Waals surface area contributed by atoms with Crippen molar-refractivity contribution in [2.75, 3.05) is 6.54 Å². The van der Waals surface area contributed by atoms with Crippen LogP contribution >= 0.6 is 27.7 Å². The molecule has 0 fully saturated rings. The normalized spacial score (nSPS) is 12.6. The maximum Gasteiger partial charge on any atom is 0.114 e. The first-order chi connectivity index (χ1) is 8.20. The SMILES string of the molecule is Cc1occc1SC(CN)c1cccc(Br)c1. The molecular formula is C13H14BrNOS. The van der Waals surface area contributed by atoms with E-state index in [1.54, 1.807) is 18.0 Å². The Morgan fingerprint density at radius 3 is 2.82 bits per heavy atom. The fourth-order valence-corrected chi connectivity index (χ4v) is 3.06. The highest BCUT2D eigenvalue weighted by Gasteiger charge is 2.14. The van der Waals surface area contributed by atoms with Crippen LogP contribution in [0.25, 0.3) is 0 Å². The first kappa shape index (κ1) is 12.7. The summed E-state index contributed by atoms with van der Waals surface area (Å²) in [6, 6.07) is 10.3. The third kappa shape index (κ3) is 3.15. The van der Waals surface area contributed by atoms with E-state index in [4.69, 9.17) is 10.2 Å². The summed E-state index contributed by atoms with van der Waals surface area (Å²) in [6.07, 6.45) is 1.71. The lowest BCUT2D eigenvalue weighted by atomic mass is 10.1. The quantitative estimate of drug-likeness (QED) is 0.862. The van der Waals surface area contributed by atoms with Crippen molar-refractivity contribution in [1.29, 1.82) is 0 Å². The van der Waals surface area contributed by atoms with E-state index in [-0.39, 0.29) is 5.25 Å². The number of thioether (sulfide) groups is 1. The monoisotopic (exact) mass is 311 g/mol. The molecule has 2 aromatic rings. The molecule has 2 rings (SSSR count). The molecule has 0 bridgehead atoms. The van der Waals surface area contributed by atoms with Gasteiger partial charge in [0.15, 0.2) is 0 Å². The van der Waals surface area contributed by atoms with E-state index < -0.39 is 0 Å². The molecule has 1 heterocycles. The molecule has 2 N–H and O–H groups in total. The van der Waals surface area contributed by atoms with Gasteiger partial charge in [0, 0.05) is 21.2 Å². The summed E-state index contributed by atoms with van der Waals surface area (Å²) in [6.45, 7) is 2.57. The van der Waals surface area contributed by atoms with Crippen molar-refractivity contribution < 1.29 is 4.42 Å². The maximum absolute atomic E-state index is 5.85. The minimum absolute atomic E-state index is 0.254. The van der Waals surface area contributed by atoms with Crippen molar-refractivity contribution in [2.24, 2.45) is 5.73 Å². The summed E-state index contributed by atoms with van der Waals surface area (Å²) >= 11 is 5.23. The molecule has 17 heavy (non-hydrogen) atoms. The van der Waals surface area contributed by atoms with Gasteiger partial charge in [-0.3, -0.25) is 0 Å². The Balaban J connectivity index is 2.20. The molecule has 0 radical (unpaired) electrons. The number of furan rings is 1. The van der Waals surface area contributed by atoms with Crippen LogP contribution in [0.3, 0.4) is 0 Å². The first-order valence-electron chi connectivity index (χ1n) is 5.37. The zero-order chi connectivity index (χ0) is 12.3. The van der Waals surface area contributed by atoms with Gasteiger partial charge in [-0.25, -0.2) is 0 Å². The summed E-state index contributed by atoms with van der Waals surface area (Å²) in [4.78, 5) is 1.15. The minimum Gasteiger partial charge on any atom is -0.468 e. The van der Waals surface area contributed by atoms with E-state index in [9.17, 15) is 0 Å². The predicted octanol–water partition coefficient (Wildman–Crippen LogP) is 4.14. The Hall–Kier alpha value is -0.710. The first-order valence-corrected chi connectivity index (χ1v) is 7.04. The van der Waals surface area contributed by atoms with E-state index in [2.05, 4.69) is 28.1 Å². The van der Waals surface area contributed by atoms with E-state index in [1.807, 2.05) is 25.1 Å². The number of aryl methyl sites for hydroxylation is 1. The van der Waals surface area contributed by atoms with E-state index in [0.29, 0.717) is 6.54 Å². The predicted molar refractivity (Wildman–Crippen MR) is 75.2 cm³/mol. The van der Waals surface area contributed by atoms with Crippen molar-refractivity contribution in [3.63, 3.8) is 0 Å². The topological polar surface area (TPSA) is 39.2 Å². The van der Waals surface area contributed by atoms with E-state index in [0.717, 1.165) is 15.1 Å². The van der Waals surface area contributed by atoms with Gasteiger partial charge < -0.3 is 10.2 Å². The molecule has 0 aliphatic rings. The lowest BCUT2D eigenvalue weighted by Crippen LogP contribution is -2.09. The highest BCUT2D eigenvalue weighted by Crippen LogP contribution is 2.37. The lowest BCUT2D eigenvalue weighted by Gasteiger charge is -2.14. The molecule has 1 aromatic carbocycles. The highest BCUT2D eigenvalue weighted by atomic mass is 79.9. The van der Waals surface area contributed by atoms with Crippen LogP contribution in [0.1, 0.15) is 16.6 Å². The smallest absolute Gasteiger partial charge is 0.114 e. The zero-order valence-corrected chi connectivity index (χ0v) is 11.9. The molecule has 1 atom stereocenters. The zero-order valence-electron chi connectivity index (χ0n) is 9.52. The molecule has 4 heteroatoms. The molecular weight excluding hydrogens is 298 g/mol. The van der Waals surface area contributed by atoms with Crippen LogP contribution in [-0.2, 0) is 0 Å². The molecule has 90 valence electrons. The largest absolute Gasteiger partial charge is 0.468 e. The van der Waals surface area contributed by atoms with Gasteiger partial charge in [-0.2, -0.15) is 0 Å². The molecule has 0 amide bonds. The average molecular weight is 312 g/mol. The van der Waals surface area contributed by atoms with Crippen LogP contribution in [0.15, 0.2) is 50.4 Å². The third-order valence-corrected chi connectivity index (χ3v) is 4.43. The number of hydrogen-bond donors (Lipinski definition) is 1. The molecule has 0 saturated heterocycles. The van der Waals surface area contributed by atoms with Gasteiger partial charge in [0.1, 0.15) is 5.76 Å². The van der Waals surface area contributed by atoms with Gasteiger partial charge in [-0.15, -0.1) is 11.8 Å². The van der Waals surface area contributed by atoms with Crippen molar-refractivity contribution in [3.8, 4) is 0 Å². The Morgan fingerprint density at radius 2 is 2.24 bits per heavy atom. The fourth-order valence-electron chi connectivity index (χ4n) is 1.61. The van der Waals surface area contributed by atoms with Gasteiger partial charge in [-0.05, 0) is 30.7 Å². The molecule has 0 spiro atoms. The van der Waals surface area contributed by atoms with Crippen LogP contribution in [-0.4, -0.2) is 6.54 Å². The van der Waals surface area contributed by atoms with Gasteiger partial charge in [-0.1, -0.05) is 28.1 Å². The third-order valence-electron chi connectivity index (χ3n) is 2.51. The fraction of sp³-hybridized carbons (Fsp3) is 0.231. The molecule has 0 saturated carbocycles. The highest BCUT2D eigenvalue weighted by molar-refractivity contribution is 9.10. The molecule has 2 nitrogen and oxygen atoms in total. The Morgan fingerprint density at radius 1 is 1.41 bits per heavy atom. The summed E-state index contributed by atoms with van der Waals surface area (Å²) in [7, 11) is 0. The number of nitrogens with two attached hydrogens (primary N) is 1. The van der Waals surface area contributed by atoms with E-state index in [1.165, 1.54) is 5.56 Å². The Kier molecular flexibility index (Phi) is 4.31. The second-order valence-corrected chi connectivity index (χ2v) is 5.90. The summed E-state index contributed by atoms with van der Waals surface area (Å²) in [5.74, 6) is 0.948. The second kappa shape index (κ2) is 5.76. The summed E-state index contributed by atoms with van der Waals surface area (Å²) in [5.41, 5.74) is 7.08. The van der Waals surface area contributed by atoms with Gasteiger partial charge >= 0.3 is 0 Å². The number of hydrogen-bond acceptors (Lipinski definition) is 3. The standard InChI is InChI=1S/C13H14BrNOS/c1-9-12(5-6-16-9)17-13(8-15)10-3-2-4-11(14)7-10/h2-7,13H,8,15H2,1H3. The van der Waals surface area contributed by atoms with Gasteiger partial charge in [0.25, 0.3) is 0 Å².